The largest absolute Gasteiger partial charge is 0.368 e. The molecule has 0 amide bonds. The van der Waals surface area contributed by atoms with Gasteiger partial charge in [-0.1, -0.05) is 24.6 Å². The van der Waals surface area contributed by atoms with E-state index in [1.807, 2.05) is 6.92 Å². The molecular formula is C15H24N2O. The van der Waals surface area contributed by atoms with Crippen LogP contribution in [0.3, 0.4) is 0 Å². The van der Waals surface area contributed by atoms with E-state index in [1.54, 1.807) is 6.92 Å². The first kappa shape index (κ1) is 14.7. The van der Waals surface area contributed by atoms with Crippen LogP contribution < -0.4 is 5.73 Å². The highest BCUT2D eigenvalue weighted by molar-refractivity contribution is 5.78. The summed E-state index contributed by atoms with van der Waals surface area (Å²) in [5.74, 6) is 0.201. The molecule has 2 N–H and O–H groups in total. The second-order valence-corrected chi connectivity index (χ2v) is 4.96. The summed E-state index contributed by atoms with van der Waals surface area (Å²) < 4.78 is 0. The summed E-state index contributed by atoms with van der Waals surface area (Å²) in [6, 6.07) is 0.282. The molecule has 0 radical (unpaired) electrons. The number of carbonyl (C=O) groups excluding carboxylic acids is 1. The predicted octanol–water partition coefficient (Wildman–Crippen LogP) is 2.40. The summed E-state index contributed by atoms with van der Waals surface area (Å²) in [5, 5.41) is 0. The van der Waals surface area contributed by atoms with Crippen LogP contribution in [0.1, 0.15) is 33.6 Å². The van der Waals surface area contributed by atoms with Crippen molar-refractivity contribution in [2.75, 3.05) is 13.1 Å². The molecule has 0 aromatic heterocycles. The molecule has 1 aliphatic rings. The number of ketones is 1. The summed E-state index contributed by atoms with van der Waals surface area (Å²) >= 11 is 0. The first-order valence-corrected chi connectivity index (χ1v) is 6.57. The molecule has 3 heteroatoms. The molecule has 1 rings (SSSR count). The molecule has 0 aromatic rings. The zero-order valence-electron chi connectivity index (χ0n) is 11.6. The van der Waals surface area contributed by atoms with Crippen molar-refractivity contribution in [3.63, 3.8) is 0 Å². The fourth-order valence-electron chi connectivity index (χ4n) is 1.97. The van der Waals surface area contributed by atoms with E-state index in [9.17, 15) is 4.79 Å². The van der Waals surface area contributed by atoms with Gasteiger partial charge in [-0.3, -0.25) is 4.79 Å². The summed E-state index contributed by atoms with van der Waals surface area (Å²) in [4.78, 5) is 13.3. The van der Waals surface area contributed by atoms with Crippen molar-refractivity contribution in [2.24, 2.45) is 5.73 Å². The van der Waals surface area contributed by atoms with Crippen LogP contribution in [0.2, 0.25) is 0 Å². The van der Waals surface area contributed by atoms with Crippen LogP contribution in [-0.4, -0.2) is 29.8 Å². The van der Waals surface area contributed by atoms with Gasteiger partial charge in [-0.15, -0.1) is 0 Å². The van der Waals surface area contributed by atoms with Crippen LogP contribution in [0.4, 0.5) is 0 Å². The van der Waals surface area contributed by atoms with E-state index in [2.05, 4.69) is 36.1 Å². The molecule has 3 nitrogen and oxygen atoms in total. The number of hydrogen-bond acceptors (Lipinski definition) is 3. The summed E-state index contributed by atoms with van der Waals surface area (Å²) in [5.41, 5.74) is 8.06. The van der Waals surface area contributed by atoms with Gasteiger partial charge >= 0.3 is 0 Å². The lowest BCUT2D eigenvalue weighted by atomic mass is 10.1. The number of hydrogen-bond donors (Lipinski definition) is 1. The van der Waals surface area contributed by atoms with E-state index < -0.39 is 0 Å². The van der Waals surface area contributed by atoms with Crippen molar-refractivity contribution >= 4 is 5.78 Å². The van der Waals surface area contributed by atoms with Crippen molar-refractivity contribution in [3.8, 4) is 0 Å². The molecule has 0 aromatic carbocycles. The number of nitrogens with zero attached hydrogens (tertiary/aromatic N) is 1. The van der Waals surface area contributed by atoms with Crippen molar-refractivity contribution in [1.82, 2.24) is 4.90 Å². The standard InChI is InChI=1S/C15H24N2O/c1-4-5-6-7-15(17-10-14(16)11-17)9-12(2)8-13(3)18/h5-7,9,14H,4,8,10-11,16H2,1-3H3/b6-5+,12-9+,15-7+. The number of Topliss-reactive ketones (excluding diaryl/α,β-unsaturated/α-hetero) is 1. The van der Waals surface area contributed by atoms with Gasteiger partial charge in [0.2, 0.25) is 0 Å². The van der Waals surface area contributed by atoms with Crippen molar-refractivity contribution in [1.29, 1.82) is 0 Å². The Morgan fingerprint density at radius 2 is 2.06 bits per heavy atom. The molecular weight excluding hydrogens is 224 g/mol. The second-order valence-electron chi connectivity index (χ2n) is 4.96. The van der Waals surface area contributed by atoms with E-state index in [4.69, 9.17) is 5.73 Å². The van der Waals surface area contributed by atoms with Gasteiger partial charge in [-0.25, -0.2) is 0 Å². The minimum atomic E-state index is 0.201. The van der Waals surface area contributed by atoms with Gasteiger partial charge in [0.25, 0.3) is 0 Å². The molecule has 1 saturated heterocycles. The molecule has 100 valence electrons. The molecule has 1 aliphatic heterocycles. The molecule has 1 heterocycles. The fraction of sp³-hybridized carbons (Fsp3) is 0.533. The lowest BCUT2D eigenvalue weighted by molar-refractivity contribution is -0.116. The van der Waals surface area contributed by atoms with E-state index in [0.717, 1.165) is 30.8 Å². The van der Waals surface area contributed by atoms with E-state index >= 15 is 0 Å². The number of likely N-dealkylation sites (tertiary alicyclic amines) is 1. The maximum atomic E-state index is 11.1. The molecule has 0 bridgehead atoms. The highest BCUT2D eigenvalue weighted by Crippen LogP contribution is 2.18. The molecule has 18 heavy (non-hydrogen) atoms. The zero-order valence-corrected chi connectivity index (χ0v) is 11.6. The Labute approximate surface area is 110 Å². The number of rotatable bonds is 6. The molecule has 0 saturated carbocycles. The third kappa shape index (κ3) is 4.88. The smallest absolute Gasteiger partial charge is 0.133 e. The van der Waals surface area contributed by atoms with Gasteiger partial charge in [0, 0.05) is 31.2 Å². The van der Waals surface area contributed by atoms with Crippen molar-refractivity contribution in [2.45, 2.75) is 39.7 Å². The first-order chi connectivity index (χ1) is 8.52. The minimum absolute atomic E-state index is 0.201. The third-order valence-electron chi connectivity index (χ3n) is 2.84. The maximum Gasteiger partial charge on any atom is 0.133 e. The Hall–Kier alpha value is -1.35. The van der Waals surface area contributed by atoms with Gasteiger partial charge in [0.15, 0.2) is 0 Å². The monoisotopic (exact) mass is 248 g/mol. The van der Waals surface area contributed by atoms with Gasteiger partial charge < -0.3 is 10.6 Å². The SMILES string of the molecule is CC/C=C/C=C(\C=C(/C)CC(C)=O)N1CC(N)C1. The zero-order chi connectivity index (χ0) is 13.5. The highest BCUT2D eigenvalue weighted by Gasteiger charge is 2.23. The summed E-state index contributed by atoms with van der Waals surface area (Å²) in [7, 11) is 0. The van der Waals surface area contributed by atoms with Crippen LogP contribution in [0.25, 0.3) is 0 Å². The van der Waals surface area contributed by atoms with E-state index in [-0.39, 0.29) is 11.8 Å². The van der Waals surface area contributed by atoms with Gasteiger partial charge in [-0.05, 0) is 32.4 Å². The third-order valence-corrected chi connectivity index (χ3v) is 2.84. The Balaban J connectivity index is 2.74. The lowest BCUT2D eigenvalue weighted by Crippen LogP contribution is -2.54. The molecule has 0 aliphatic carbocycles. The van der Waals surface area contributed by atoms with Crippen molar-refractivity contribution < 1.29 is 4.79 Å². The summed E-state index contributed by atoms with van der Waals surface area (Å²) in [6.07, 6.45) is 9.92. The number of carbonyl (C=O) groups is 1. The van der Waals surface area contributed by atoms with Gasteiger partial charge in [0.05, 0.1) is 0 Å². The van der Waals surface area contributed by atoms with Gasteiger partial charge in [-0.2, -0.15) is 0 Å². The average Bonchev–Trinajstić information content (AvgIpc) is 2.23. The number of allylic oxidation sites excluding steroid dienone is 5. The Bertz CT molecular complexity index is 374. The fourth-order valence-corrected chi connectivity index (χ4v) is 1.97. The Morgan fingerprint density at radius 3 is 2.56 bits per heavy atom. The Morgan fingerprint density at radius 1 is 1.39 bits per heavy atom. The molecule has 0 spiro atoms. The maximum absolute atomic E-state index is 11.1. The minimum Gasteiger partial charge on any atom is -0.368 e. The van der Waals surface area contributed by atoms with Crippen molar-refractivity contribution in [3.05, 3.63) is 35.6 Å². The van der Waals surface area contributed by atoms with Crippen LogP contribution in [0.15, 0.2) is 35.6 Å². The normalized spacial score (nSPS) is 18.3. The highest BCUT2D eigenvalue weighted by atomic mass is 16.1. The quantitative estimate of drug-likeness (QED) is 0.734. The predicted molar refractivity (Wildman–Crippen MR) is 76.1 cm³/mol. The lowest BCUT2D eigenvalue weighted by Gasteiger charge is -2.39. The van der Waals surface area contributed by atoms with Crippen LogP contribution >= 0.6 is 0 Å². The number of nitrogens with two attached hydrogens (primary N) is 1. The van der Waals surface area contributed by atoms with E-state index in [0.29, 0.717) is 6.42 Å². The van der Waals surface area contributed by atoms with E-state index in [1.165, 1.54) is 0 Å². The first-order valence-electron chi connectivity index (χ1n) is 6.57. The summed E-state index contributed by atoms with van der Waals surface area (Å²) in [6.45, 7) is 7.53. The van der Waals surface area contributed by atoms with Crippen LogP contribution in [0, 0.1) is 0 Å². The topological polar surface area (TPSA) is 46.3 Å². The second kappa shape index (κ2) is 7.17. The average molecular weight is 248 g/mol. The van der Waals surface area contributed by atoms with Crippen LogP contribution in [-0.2, 0) is 4.79 Å². The van der Waals surface area contributed by atoms with Crippen LogP contribution in [0.5, 0.6) is 0 Å². The molecule has 1 fully saturated rings. The molecule has 0 atom stereocenters. The molecule has 0 unspecified atom stereocenters. The van der Waals surface area contributed by atoms with Gasteiger partial charge in [0.1, 0.15) is 5.78 Å². The Kier molecular flexibility index (Phi) is 5.86.